The molecule has 0 radical (unpaired) electrons. The Morgan fingerprint density at radius 1 is 0.938 bits per heavy atom. The Morgan fingerprint density at radius 3 is 2.25 bits per heavy atom. The molecule has 3 rings (SSSR count). The van der Waals surface area contributed by atoms with Crippen LogP contribution in [0.5, 0.6) is 11.5 Å². The summed E-state index contributed by atoms with van der Waals surface area (Å²) in [5.41, 5.74) is 0.273. The molecule has 3 aromatic rings. The number of amides is 3. The molecule has 0 spiro atoms. The van der Waals surface area contributed by atoms with Crippen LogP contribution >= 0.6 is 11.6 Å². The SMILES string of the molecule is O=C(Nc1ccc(Oc2ccnc(C(=O)N[O-])c2)cc1)Nc1ccc(Cl)c(C(F)(F)F)c1. The highest BCUT2D eigenvalue weighted by Gasteiger charge is 2.33. The molecule has 1 heterocycles. The van der Waals surface area contributed by atoms with Gasteiger partial charge in [0.25, 0.3) is 5.91 Å². The molecule has 0 saturated carbocycles. The summed E-state index contributed by atoms with van der Waals surface area (Å²) in [7, 11) is 0. The lowest BCUT2D eigenvalue weighted by molar-refractivity contribution is -0.137. The molecule has 12 heteroatoms. The van der Waals surface area contributed by atoms with E-state index in [1.807, 2.05) is 0 Å². The van der Waals surface area contributed by atoms with E-state index in [-0.39, 0.29) is 17.1 Å². The number of nitrogens with one attached hydrogen (secondary N) is 3. The van der Waals surface area contributed by atoms with Crippen LogP contribution in [0.4, 0.5) is 29.3 Å². The van der Waals surface area contributed by atoms with Gasteiger partial charge in [-0.05, 0) is 48.5 Å². The highest BCUT2D eigenvalue weighted by atomic mass is 35.5. The first-order chi connectivity index (χ1) is 15.2. The van der Waals surface area contributed by atoms with Gasteiger partial charge in [-0.2, -0.15) is 13.2 Å². The van der Waals surface area contributed by atoms with Gasteiger partial charge in [0.2, 0.25) is 0 Å². The minimum absolute atomic E-state index is 0.0882. The molecule has 1 aromatic heterocycles. The van der Waals surface area contributed by atoms with Crippen molar-refractivity contribution in [1.29, 1.82) is 0 Å². The van der Waals surface area contributed by atoms with Crippen molar-refractivity contribution in [3.05, 3.63) is 82.3 Å². The number of urea groups is 1. The maximum absolute atomic E-state index is 12.9. The van der Waals surface area contributed by atoms with Gasteiger partial charge in [-0.1, -0.05) is 11.6 Å². The molecule has 2 aromatic carbocycles. The second-order valence-corrected chi connectivity index (χ2v) is 6.61. The smallest absolute Gasteiger partial charge is 0.417 e. The van der Waals surface area contributed by atoms with E-state index in [0.717, 1.165) is 12.1 Å². The van der Waals surface area contributed by atoms with Crippen LogP contribution in [0.15, 0.2) is 60.8 Å². The Bertz CT molecular complexity index is 1140. The predicted molar refractivity (Wildman–Crippen MR) is 111 cm³/mol. The lowest BCUT2D eigenvalue weighted by Gasteiger charge is -2.13. The number of alkyl halides is 3. The zero-order chi connectivity index (χ0) is 23.3. The van der Waals surface area contributed by atoms with Gasteiger partial charge in [-0.25, -0.2) is 4.79 Å². The summed E-state index contributed by atoms with van der Waals surface area (Å²) in [5.74, 6) is -0.313. The van der Waals surface area contributed by atoms with Crippen LogP contribution in [-0.4, -0.2) is 16.9 Å². The number of anilines is 2. The van der Waals surface area contributed by atoms with Crippen LogP contribution in [-0.2, 0) is 6.18 Å². The van der Waals surface area contributed by atoms with Gasteiger partial charge in [-0.3, -0.25) is 9.78 Å². The number of aromatic nitrogens is 1. The van der Waals surface area contributed by atoms with E-state index < -0.39 is 28.7 Å². The van der Waals surface area contributed by atoms with Gasteiger partial charge < -0.3 is 26.1 Å². The number of benzene rings is 2. The number of hydroxylamine groups is 1. The third kappa shape index (κ3) is 5.86. The molecule has 0 saturated heterocycles. The fourth-order valence-corrected chi connectivity index (χ4v) is 2.73. The van der Waals surface area contributed by atoms with Crippen molar-refractivity contribution in [3.63, 3.8) is 0 Å². The minimum atomic E-state index is -4.66. The second-order valence-electron chi connectivity index (χ2n) is 6.21. The van der Waals surface area contributed by atoms with Gasteiger partial charge in [0, 0.05) is 23.6 Å². The molecular formula is C20H13ClF3N4O4-. The highest BCUT2D eigenvalue weighted by Crippen LogP contribution is 2.36. The molecule has 0 bridgehead atoms. The zero-order valence-corrected chi connectivity index (χ0v) is 16.6. The van der Waals surface area contributed by atoms with E-state index in [9.17, 15) is 28.0 Å². The molecule has 3 N–H and O–H groups in total. The number of carbonyl (C=O) groups is 2. The Kier molecular flexibility index (Phi) is 6.81. The van der Waals surface area contributed by atoms with Gasteiger partial charge in [0.05, 0.1) is 10.6 Å². The monoisotopic (exact) mass is 465 g/mol. The number of carbonyl (C=O) groups excluding carboxylic acids is 2. The Balaban J connectivity index is 1.62. The van der Waals surface area contributed by atoms with Gasteiger partial charge in [0.15, 0.2) is 0 Å². The van der Waals surface area contributed by atoms with Gasteiger partial charge >= 0.3 is 12.2 Å². The molecule has 0 aliphatic carbocycles. The van der Waals surface area contributed by atoms with E-state index in [1.165, 1.54) is 54.1 Å². The first-order valence-corrected chi connectivity index (χ1v) is 9.15. The summed E-state index contributed by atoms with van der Waals surface area (Å²) < 4.78 is 44.3. The summed E-state index contributed by atoms with van der Waals surface area (Å²) in [5, 5.41) is 14.7. The quantitative estimate of drug-likeness (QED) is 0.435. The molecule has 8 nitrogen and oxygen atoms in total. The van der Waals surface area contributed by atoms with Crippen LogP contribution < -0.4 is 20.9 Å². The Morgan fingerprint density at radius 2 is 1.59 bits per heavy atom. The topological polar surface area (TPSA) is 115 Å². The fraction of sp³-hybridized carbons (Fsp3) is 0.0500. The van der Waals surface area contributed by atoms with E-state index in [2.05, 4.69) is 15.6 Å². The Labute approximate surface area is 183 Å². The third-order valence-corrected chi connectivity index (χ3v) is 4.26. The average Bonchev–Trinajstić information content (AvgIpc) is 2.75. The first-order valence-electron chi connectivity index (χ1n) is 8.77. The molecule has 166 valence electrons. The summed E-state index contributed by atoms with van der Waals surface area (Å²) in [4.78, 5) is 27.2. The molecule has 0 atom stereocenters. The van der Waals surface area contributed by atoms with E-state index >= 15 is 0 Å². The summed E-state index contributed by atoms with van der Waals surface area (Å²) in [6, 6.07) is 11.0. The number of rotatable bonds is 5. The van der Waals surface area contributed by atoms with Gasteiger partial charge in [-0.15, -0.1) is 0 Å². The van der Waals surface area contributed by atoms with Crippen LogP contribution in [0, 0.1) is 5.21 Å². The minimum Gasteiger partial charge on any atom is -0.759 e. The fourth-order valence-electron chi connectivity index (χ4n) is 2.51. The predicted octanol–water partition coefficient (Wildman–Crippen LogP) is 5.42. The van der Waals surface area contributed by atoms with Crippen molar-refractivity contribution in [2.75, 3.05) is 10.6 Å². The van der Waals surface area contributed by atoms with E-state index in [4.69, 9.17) is 16.3 Å². The second kappa shape index (κ2) is 9.54. The number of halogens is 4. The van der Waals surface area contributed by atoms with Gasteiger partial charge in [0.1, 0.15) is 17.2 Å². The van der Waals surface area contributed by atoms with E-state index in [0.29, 0.717) is 11.4 Å². The normalized spacial score (nSPS) is 10.9. The number of ether oxygens (including phenoxy) is 1. The molecule has 0 aliphatic heterocycles. The van der Waals surface area contributed by atoms with Crippen molar-refractivity contribution in [2.45, 2.75) is 6.18 Å². The number of hydrogen-bond donors (Lipinski definition) is 3. The molecule has 3 amide bonds. The molecular weight excluding hydrogens is 453 g/mol. The van der Waals surface area contributed by atoms with Crippen LogP contribution in [0.25, 0.3) is 0 Å². The number of hydrogen-bond acceptors (Lipinski definition) is 5. The van der Waals surface area contributed by atoms with Crippen LogP contribution in [0.2, 0.25) is 5.02 Å². The summed E-state index contributed by atoms with van der Waals surface area (Å²) >= 11 is 5.55. The molecule has 32 heavy (non-hydrogen) atoms. The van der Waals surface area contributed by atoms with Crippen molar-refractivity contribution in [3.8, 4) is 11.5 Å². The Hall–Kier alpha value is -3.83. The standard InChI is InChI=1S/C20H13ClF3N4O4/c21-16-6-3-12(9-15(16)20(22,23)24)27-19(30)26-11-1-4-13(5-2-11)32-14-7-8-25-17(10-14)18(29)28-31/h1-10H,(H3-,25,26,27,28,29,30,31)/q-1. The maximum Gasteiger partial charge on any atom is 0.417 e. The lowest BCUT2D eigenvalue weighted by atomic mass is 10.2. The lowest BCUT2D eigenvalue weighted by Crippen LogP contribution is -2.19. The summed E-state index contributed by atoms with van der Waals surface area (Å²) in [6.45, 7) is 0. The van der Waals surface area contributed by atoms with Crippen molar-refractivity contribution >= 4 is 34.9 Å². The van der Waals surface area contributed by atoms with Crippen molar-refractivity contribution in [1.82, 2.24) is 10.5 Å². The van der Waals surface area contributed by atoms with Crippen molar-refractivity contribution in [2.24, 2.45) is 0 Å². The zero-order valence-electron chi connectivity index (χ0n) is 15.9. The molecule has 0 aliphatic rings. The average molecular weight is 466 g/mol. The van der Waals surface area contributed by atoms with E-state index in [1.54, 1.807) is 0 Å². The maximum atomic E-state index is 12.9. The largest absolute Gasteiger partial charge is 0.759 e. The number of pyridine rings is 1. The highest BCUT2D eigenvalue weighted by molar-refractivity contribution is 6.31. The molecule has 0 unspecified atom stereocenters. The first kappa shape index (κ1) is 22.8. The summed E-state index contributed by atoms with van der Waals surface area (Å²) in [6.07, 6.45) is -3.36. The van der Waals surface area contributed by atoms with Crippen molar-refractivity contribution < 1.29 is 27.5 Å². The third-order valence-electron chi connectivity index (χ3n) is 3.93. The van der Waals surface area contributed by atoms with Crippen LogP contribution in [0.1, 0.15) is 16.1 Å². The number of nitrogens with zero attached hydrogens (tertiary/aromatic N) is 1. The van der Waals surface area contributed by atoms with Crippen LogP contribution in [0.3, 0.4) is 0 Å². The molecule has 0 fully saturated rings.